The number of halogens is 4. The maximum Gasteiger partial charge on any atom is 1.00 e. The van der Waals surface area contributed by atoms with Crippen LogP contribution in [0.25, 0.3) is 0 Å². The van der Waals surface area contributed by atoms with Gasteiger partial charge in [0.25, 0.3) is 27.3 Å². The number of nitrogens with zero attached hydrogens (tertiary/aromatic N) is 4. The van der Waals surface area contributed by atoms with Gasteiger partial charge < -0.3 is 14.0 Å². The van der Waals surface area contributed by atoms with E-state index in [0.29, 0.717) is 5.02 Å². The molecular weight excluding hydrogens is 491 g/mol. The number of rotatable bonds is 2. The second-order valence-electron chi connectivity index (χ2n) is 3.97. The molecule has 0 heterocycles. The first kappa shape index (κ1) is 36.6. The number of nitro groups is 2. The molecule has 152 valence electrons. The van der Waals surface area contributed by atoms with Gasteiger partial charge in [-0.25, -0.2) is 4.39 Å². The smallest absolute Gasteiger partial charge is 1.00 e. The zero-order valence-electron chi connectivity index (χ0n) is 15.6. The summed E-state index contributed by atoms with van der Waals surface area (Å²) in [6.45, 7) is 1.86. The van der Waals surface area contributed by atoms with Gasteiger partial charge in [0.05, 0.1) is 9.85 Å². The SMILES string of the molecule is O=[N+]([O-])c1ccc(Cl)cc1.O=[N+]([O-])c1ccc(F)cc1.[B]N=PC.[B]N=PF.[F-].[K+]. The maximum atomic E-state index is 12.1. The molecule has 17 heteroatoms. The van der Waals surface area contributed by atoms with E-state index in [1.807, 2.05) is 6.66 Å². The minimum atomic E-state index is -0.599. The first-order chi connectivity index (χ1) is 13.2. The van der Waals surface area contributed by atoms with Gasteiger partial charge in [0, 0.05) is 29.3 Å². The third-order valence-corrected chi connectivity index (χ3v) is 2.80. The molecule has 0 aliphatic heterocycles. The Morgan fingerprint density at radius 3 is 1.47 bits per heavy atom. The van der Waals surface area contributed by atoms with Crippen molar-refractivity contribution in [1.82, 2.24) is 0 Å². The van der Waals surface area contributed by atoms with Crippen LogP contribution >= 0.6 is 28.7 Å². The minimum Gasteiger partial charge on any atom is -1.00 e. The van der Waals surface area contributed by atoms with Crippen LogP contribution in [0.15, 0.2) is 57.8 Å². The van der Waals surface area contributed by atoms with Crippen molar-refractivity contribution < 1.29 is 74.5 Å². The molecule has 4 radical (unpaired) electrons. The average molecular weight is 502 g/mol. The summed E-state index contributed by atoms with van der Waals surface area (Å²) < 4.78 is 28.3. The van der Waals surface area contributed by atoms with Crippen molar-refractivity contribution in [3.8, 4) is 0 Å². The summed E-state index contributed by atoms with van der Waals surface area (Å²) in [6, 6.07) is 10.0. The van der Waals surface area contributed by atoms with Gasteiger partial charge in [-0.2, -0.15) is 4.20 Å². The predicted octanol–water partition coefficient (Wildman–Crippen LogP) is -0.0962. The molecule has 0 aliphatic rings. The zero-order chi connectivity index (χ0) is 21.9. The fraction of sp³-hybridized carbons (Fsp3) is 0.0769. The molecule has 0 aromatic heterocycles. The summed E-state index contributed by atoms with van der Waals surface area (Å²) in [5, 5.41) is 20.6. The quantitative estimate of drug-likeness (QED) is 0.247. The first-order valence-electron chi connectivity index (χ1n) is 6.73. The Morgan fingerprint density at radius 2 is 1.23 bits per heavy atom. The average Bonchev–Trinajstić information content (AvgIpc) is 2.69. The van der Waals surface area contributed by atoms with E-state index < -0.39 is 24.3 Å². The van der Waals surface area contributed by atoms with Gasteiger partial charge >= 0.3 is 51.4 Å². The second kappa shape index (κ2) is 24.6. The van der Waals surface area contributed by atoms with E-state index in [1.54, 1.807) is 0 Å². The summed E-state index contributed by atoms with van der Waals surface area (Å²) in [6.07, 6.45) is 0. The third-order valence-electron chi connectivity index (χ3n) is 2.23. The van der Waals surface area contributed by atoms with Gasteiger partial charge in [-0.1, -0.05) is 11.6 Å². The Labute approximate surface area is 224 Å². The summed E-state index contributed by atoms with van der Waals surface area (Å²) in [5.41, 5.74) is -0.0363. The van der Waals surface area contributed by atoms with Gasteiger partial charge in [0.15, 0.2) is 0 Å². The Bertz CT molecular complexity index is 708. The molecule has 0 aliphatic carbocycles. The van der Waals surface area contributed by atoms with Gasteiger partial charge in [-0.15, -0.1) is 0 Å². The van der Waals surface area contributed by atoms with Crippen LogP contribution in [0.3, 0.4) is 0 Å². The summed E-state index contributed by atoms with van der Waals surface area (Å²) >= 11 is 5.49. The van der Waals surface area contributed by atoms with Crippen LogP contribution in [0.4, 0.5) is 20.0 Å². The standard InChI is InChI=1S/C6H4ClNO2.C6H4FNO2.CH3BNP.BFNP.FH.K/c2*7-5-1-3-6(4-2-5)8(9)10;1-4-3-2;1-3-4-2;;/h2*1-4H;1H3;;1H;/q;;;;;+1/p-1. The molecule has 0 unspecified atom stereocenters. The van der Waals surface area contributed by atoms with E-state index in [4.69, 9.17) is 11.6 Å². The summed E-state index contributed by atoms with van der Waals surface area (Å²) in [4.78, 5) is 19.0. The van der Waals surface area contributed by atoms with Crippen LogP contribution in [0.2, 0.25) is 5.02 Å². The Kier molecular flexibility index (Phi) is 30.0. The van der Waals surface area contributed by atoms with Crippen molar-refractivity contribution in [2.24, 2.45) is 9.31 Å². The van der Waals surface area contributed by atoms with E-state index in [-0.39, 0.29) is 67.5 Å². The minimum absolute atomic E-state index is 0. The van der Waals surface area contributed by atoms with Gasteiger partial charge in [0.1, 0.15) is 5.82 Å². The number of hydrogen-bond acceptors (Lipinski definition) is 6. The number of benzene rings is 2. The van der Waals surface area contributed by atoms with E-state index >= 15 is 0 Å². The third kappa shape index (κ3) is 22.0. The van der Waals surface area contributed by atoms with Crippen molar-refractivity contribution in [1.29, 1.82) is 0 Å². The van der Waals surface area contributed by atoms with E-state index in [2.05, 4.69) is 25.3 Å². The van der Waals surface area contributed by atoms with Crippen LogP contribution in [-0.2, 0) is 0 Å². The van der Waals surface area contributed by atoms with Crippen LogP contribution in [0.1, 0.15) is 0 Å². The van der Waals surface area contributed by atoms with Crippen molar-refractivity contribution in [3.63, 3.8) is 0 Å². The summed E-state index contributed by atoms with van der Waals surface area (Å²) in [7, 11) is 9.21. The van der Waals surface area contributed by atoms with Crippen molar-refractivity contribution >= 4 is 56.0 Å². The first-order valence-corrected chi connectivity index (χ1v) is 9.14. The van der Waals surface area contributed by atoms with Crippen molar-refractivity contribution in [3.05, 3.63) is 79.6 Å². The molecule has 30 heavy (non-hydrogen) atoms. The Hall–Kier alpha value is -0.714. The van der Waals surface area contributed by atoms with E-state index in [9.17, 15) is 28.8 Å². The fourth-order valence-electron chi connectivity index (χ4n) is 1.13. The monoisotopic (exact) mass is 502 g/mol. The number of hydrogen-bond donors (Lipinski definition) is 0. The van der Waals surface area contributed by atoms with Gasteiger partial charge in [-0.3, -0.25) is 20.2 Å². The molecule has 0 saturated carbocycles. The van der Waals surface area contributed by atoms with Crippen LogP contribution < -0.4 is 56.1 Å². The number of non-ortho nitro benzene ring substituents is 2. The molecule has 2 aromatic rings. The molecule has 0 amide bonds. The maximum absolute atomic E-state index is 12.1. The van der Waals surface area contributed by atoms with E-state index in [1.165, 1.54) is 24.3 Å². The Morgan fingerprint density at radius 1 is 0.933 bits per heavy atom. The molecule has 0 fully saturated rings. The summed E-state index contributed by atoms with van der Waals surface area (Å²) in [5.74, 6) is -0.467. The molecule has 0 atom stereocenters. The zero-order valence-corrected chi connectivity index (χ0v) is 21.3. The normalized spacial score (nSPS) is 8.67. The van der Waals surface area contributed by atoms with Gasteiger partial charge in [-0.05, 0) is 39.3 Å². The van der Waals surface area contributed by atoms with Crippen molar-refractivity contribution in [2.45, 2.75) is 0 Å². The molecule has 2 aromatic carbocycles. The topological polar surface area (TPSA) is 111 Å². The van der Waals surface area contributed by atoms with E-state index in [0.717, 1.165) is 32.6 Å². The molecule has 2 rings (SSSR count). The molecule has 0 bridgehead atoms. The van der Waals surface area contributed by atoms with Crippen LogP contribution in [0, 0.1) is 26.0 Å². The molecule has 0 N–H and O–H groups in total. The molecule has 8 nitrogen and oxygen atoms in total. The van der Waals surface area contributed by atoms with Crippen LogP contribution in [0.5, 0.6) is 0 Å². The predicted molar refractivity (Wildman–Crippen MR) is 108 cm³/mol. The van der Waals surface area contributed by atoms with Crippen molar-refractivity contribution in [2.75, 3.05) is 6.66 Å². The molecule has 0 spiro atoms. The molecular formula is C13H11B2ClF3KN4O4P2. The number of nitro benzene ring substituents is 2. The van der Waals surface area contributed by atoms with Gasteiger partial charge in [0.2, 0.25) is 8.68 Å². The fourth-order valence-corrected chi connectivity index (χ4v) is 1.25. The second-order valence-corrected chi connectivity index (χ2v) is 5.42. The largest absolute Gasteiger partial charge is 1.00 e. The Balaban J connectivity index is -0.000000160. The van der Waals surface area contributed by atoms with Crippen LogP contribution in [-0.4, -0.2) is 32.5 Å². The molecule has 0 saturated heterocycles.